The van der Waals surface area contributed by atoms with Crippen LogP contribution < -0.4 is 5.32 Å². The molecular weight excluding hydrogens is 250 g/mol. The average Bonchev–Trinajstić information content (AvgIpc) is 3.02. The van der Waals surface area contributed by atoms with Crippen LogP contribution in [-0.4, -0.2) is 6.04 Å². The normalized spacial score (nSPS) is 15.7. The lowest BCUT2D eigenvalue weighted by molar-refractivity contribution is 0.684. The Morgan fingerprint density at radius 2 is 1.87 bits per heavy atom. The number of hydrogen-bond donors (Lipinski definition) is 1. The minimum absolute atomic E-state index is 0.782. The summed E-state index contributed by atoms with van der Waals surface area (Å²) in [5.74, 6) is 0. The molecule has 2 rings (SSSR count). The fourth-order valence-electron chi connectivity index (χ4n) is 1.80. The maximum absolute atomic E-state index is 3.63. The molecule has 0 amide bonds. The molecule has 0 spiro atoms. The van der Waals surface area contributed by atoms with Crippen molar-refractivity contribution < 1.29 is 0 Å². The number of rotatable bonds is 3. The lowest BCUT2D eigenvalue weighted by Crippen LogP contribution is -2.16. The maximum atomic E-state index is 3.63. The van der Waals surface area contributed by atoms with Gasteiger partial charge in [-0.3, -0.25) is 0 Å². The number of benzene rings is 1. The van der Waals surface area contributed by atoms with Gasteiger partial charge in [0.15, 0.2) is 0 Å². The van der Waals surface area contributed by atoms with Crippen molar-refractivity contribution in [2.75, 3.05) is 0 Å². The second kappa shape index (κ2) is 4.26. The van der Waals surface area contributed by atoms with Crippen molar-refractivity contribution >= 4 is 15.9 Å². The summed E-state index contributed by atoms with van der Waals surface area (Å²) in [6.07, 6.45) is 2.70. The van der Waals surface area contributed by atoms with Crippen LogP contribution in [0, 0.1) is 20.8 Å². The number of hydrogen-bond acceptors (Lipinski definition) is 1. The molecule has 0 aromatic heterocycles. The van der Waals surface area contributed by atoms with Gasteiger partial charge in [0.2, 0.25) is 0 Å². The molecule has 1 fully saturated rings. The zero-order valence-corrected chi connectivity index (χ0v) is 11.2. The van der Waals surface area contributed by atoms with Gasteiger partial charge in [0.25, 0.3) is 0 Å². The second-order valence-electron chi connectivity index (χ2n) is 4.55. The van der Waals surface area contributed by atoms with Gasteiger partial charge in [-0.25, -0.2) is 0 Å². The quantitative estimate of drug-likeness (QED) is 0.882. The molecule has 82 valence electrons. The van der Waals surface area contributed by atoms with Crippen LogP contribution in [-0.2, 0) is 6.54 Å². The minimum atomic E-state index is 0.782. The fraction of sp³-hybridized carbons (Fsp3) is 0.538. The van der Waals surface area contributed by atoms with Crippen LogP contribution in [0.3, 0.4) is 0 Å². The predicted molar refractivity (Wildman–Crippen MR) is 68.2 cm³/mol. The highest BCUT2D eigenvalue weighted by molar-refractivity contribution is 9.10. The Balaban J connectivity index is 2.21. The van der Waals surface area contributed by atoms with Crippen LogP contribution in [0.1, 0.15) is 35.1 Å². The van der Waals surface area contributed by atoms with E-state index in [2.05, 4.69) is 48.1 Å². The SMILES string of the molecule is Cc1c(Br)cc(CNC2CC2)c(C)c1C. The van der Waals surface area contributed by atoms with E-state index in [1.807, 2.05) is 0 Å². The molecule has 1 nitrogen and oxygen atoms in total. The van der Waals surface area contributed by atoms with Gasteiger partial charge >= 0.3 is 0 Å². The van der Waals surface area contributed by atoms with Crippen molar-refractivity contribution in [1.29, 1.82) is 0 Å². The largest absolute Gasteiger partial charge is 0.310 e. The van der Waals surface area contributed by atoms with E-state index in [0.29, 0.717) is 0 Å². The van der Waals surface area contributed by atoms with E-state index in [1.165, 1.54) is 39.6 Å². The van der Waals surface area contributed by atoms with E-state index in [-0.39, 0.29) is 0 Å². The summed E-state index contributed by atoms with van der Waals surface area (Å²) in [5.41, 5.74) is 5.64. The van der Waals surface area contributed by atoms with Crippen molar-refractivity contribution in [2.45, 2.75) is 46.2 Å². The average molecular weight is 268 g/mol. The van der Waals surface area contributed by atoms with Crippen LogP contribution in [0.15, 0.2) is 10.5 Å². The molecule has 0 unspecified atom stereocenters. The van der Waals surface area contributed by atoms with Crippen molar-refractivity contribution in [3.63, 3.8) is 0 Å². The Morgan fingerprint density at radius 3 is 2.47 bits per heavy atom. The van der Waals surface area contributed by atoms with Gasteiger partial charge in [-0.15, -0.1) is 0 Å². The lowest BCUT2D eigenvalue weighted by Gasteiger charge is -2.13. The first-order chi connectivity index (χ1) is 7.09. The number of nitrogens with one attached hydrogen (secondary N) is 1. The van der Waals surface area contributed by atoms with E-state index in [4.69, 9.17) is 0 Å². The van der Waals surface area contributed by atoms with Crippen LogP contribution in [0.4, 0.5) is 0 Å². The molecule has 1 aliphatic carbocycles. The van der Waals surface area contributed by atoms with Crippen LogP contribution in [0.2, 0.25) is 0 Å². The summed E-state index contributed by atoms with van der Waals surface area (Å²) in [4.78, 5) is 0. The Hall–Kier alpha value is -0.340. The van der Waals surface area contributed by atoms with Gasteiger partial charge < -0.3 is 5.32 Å². The van der Waals surface area contributed by atoms with Gasteiger partial charge in [-0.1, -0.05) is 15.9 Å². The van der Waals surface area contributed by atoms with E-state index in [9.17, 15) is 0 Å². The smallest absolute Gasteiger partial charge is 0.0211 e. The maximum Gasteiger partial charge on any atom is 0.0211 e. The molecule has 1 aromatic carbocycles. The molecule has 15 heavy (non-hydrogen) atoms. The van der Waals surface area contributed by atoms with Crippen LogP contribution >= 0.6 is 15.9 Å². The summed E-state index contributed by atoms with van der Waals surface area (Å²) < 4.78 is 1.23. The molecular formula is C13H18BrN. The van der Waals surface area contributed by atoms with Gasteiger partial charge in [-0.2, -0.15) is 0 Å². The minimum Gasteiger partial charge on any atom is -0.310 e. The fourth-order valence-corrected chi connectivity index (χ4v) is 2.37. The van der Waals surface area contributed by atoms with Gasteiger partial charge in [0.05, 0.1) is 0 Å². The van der Waals surface area contributed by atoms with Crippen molar-refractivity contribution in [2.24, 2.45) is 0 Å². The first-order valence-electron chi connectivity index (χ1n) is 5.58. The van der Waals surface area contributed by atoms with E-state index >= 15 is 0 Å². The lowest BCUT2D eigenvalue weighted by atomic mass is 9.99. The Bertz CT molecular complexity index is 381. The third-order valence-corrected chi connectivity index (χ3v) is 4.25. The Kier molecular flexibility index (Phi) is 3.17. The zero-order valence-electron chi connectivity index (χ0n) is 9.65. The molecule has 0 aliphatic heterocycles. The Labute approximate surface area is 100 Å². The van der Waals surface area contributed by atoms with Crippen molar-refractivity contribution in [1.82, 2.24) is 5.32 Å². The van der Waals surface area contributed by atoms with Gasteiger partial charge in [0, 0.05) is 17.1 Å². The highest BCUT2D eigenvalue weighted by atomic mass is 79.9. The number of halogens is 1. The predicted octanol–water partition coefficient (Wildman–Crippen LogP) is 3.63. The Morgan fingerprint density at radius 1 is 1.20 bits per heavy atom. The monoisotopic (exact) mass is 267 g/mol. The van der Waals surface area contributed by atoms with Gasteiger partial charge in [-0.05, 0) is 61.9 Å². The molecule has 0 bridgehead atoms. The van der Waals surface area contributed by atoms with Crippen LogP contribution in [0.5, 0.6) is 0 Å². The summed E-state index contributed by atoms with van der Waals surface area (Å²) >= 11 is 3.63. The summed E-state index contributed by atoms with van der Waals surface area (Å²) in [6.45, 7) is 7.61. The highest BCUT2D eigenvalue weighted by Gasteiger charge is 2.20. The second-order valence-corrected chi connectivity index (χ2v) is 5.40. The van der Waals surface area contributed by atoms with E-state index in [0.717, 1.165) is 12.6 Å². The summed E-state index contributed by atoms with van der Waals surface area (Å²) in [6, 6.07) is 3.04. The topological polar surface area (TPSA) is 12.0 Å². The van der Waals surface area contributed by atoms with Crippen LogP contribution in [0.25, 0.3) is 0 Å². The third-order valence-electron chi connectivity index (χ3n) is 3.42. The molecule has 2 heteroatoms. The van der Waals surface area contributed by atoms with Crippen molar-refractivity contribution in [3.8, 4) is 0 Å². The molecule has 1 N–H and O–H groups in total. The molecule has 0 heterocycles. The third kappa shape index (κ3) is 2.43. The first-order valence-corrected chi connectivity index (χ1v) is 6.37. The standard InChI is InChI=1S/C13H18BrN/c1-8-9(2)11(6-13(14)10(8)3)7-15-12-4-5-12/h6,12,15H,4-5,7H2,1-3H3. The molecule has 0 radical (unpaired) electrons. The molecule has 1 saturated carbocycles. The van der Waals surface area contributed by atoms with E-state index in [1.54, 1.807) is 0 Å². The van der Waals surface area contributed by atoms with Crippen molar-refractivity contribution in [3.05, 3.63) is 32.8 Å². The van der Waals surface area contributed by atoms with Gasteiger partial charge in [0.1, 0.15) is 0 Å². The first kappa shape index (κ1) is 11.2. The highest BCUT2D eigenvalue weighted by Crippen LogP contribution is 2.26. The molecule has 0 saturated heterocycles. The molecule has 0 atom stereocenters. The zero-order chi connectivity index (χ0) is 11.0. The summed E-state index contributed by atoms with van der Waals surface area (Å²) in [7, 11) is 0. The van der Waals surface area contributed by atoms with E-state index < -0.39 is 0 Å². The molecule has 1 aliphatic rings. The molecule has 1 aromatic rings. The summed E-state index contributed by atoms with van der Waals surface area (Å²) in [5, 5.41) is 3.57.